The van der Waals surface area contributed by atoms with Crippen LogP contribution in [0.2, 0.25) is 0 Å². The van der Waals surface area contributed by atoms with Gasteiger partial charge in [-0.2, -0.15) is 0 Å². The van der Waals surface area contributed by atoms with E-state index in [1.165, 1.54) is 31.5 Å². The molecule has 0 saturated carbocycles. The van der Waals surface area contributed by atoms with Gasteiger partial charge in [-0.3, -0.25) is 4.90 Å². The summed E-state index contributed by atoms with van der Waals surface area (Å²) in [5, 5.41) is 0. The average Bonchev–Trinajstić information content (AvgIpc) is 2.40. The van der Waals surface area contributed by atoms with Crippen molar-refractivity contribution in [3.8, 4) is 5.75 Å². The summed E-state index contributed by atoms with van der Waals surface area (Å²) in [6, 6.07) is 8.39. The van der Waals surface area contributed by atoms with Crippen LogP contribution in [0.25, 0.3) is 0 Å². The van der Waals surface area contributed by atoms with Crippen LogP contribution in [0.4, 0.5) is 0 Å². The molecule has 3 heteroatoms. The van der Waals surface area contributed by atoms with Crippen molar-refractivity contribution < 1.29 is 4.74 Å². The number of halogens is 1. The van der Waals surface area contributed by atoms with Gasteiger partial charge < -0.3 is 4.74 Å². The van der Waals surface area contributed by atoms with Gasteiger partial charge in [0.25, 0.3) is 0 Å². The highest BCUT2D eigenvalue weighted by Gasteiger charge is 2.19. The third-order valence-corrected chi connectivity index (χ3v) is 3.90. The van der Waals surface area contributed by atoms with Crippen LogP contribution >= 0.6 is 11.6 Å². The van der Waals surface area contributed by atoms with Gasteiger partial charge in [-0.15, -0.1) is 11.6 Å². The van der Waals surface area contributed by atoms with Crippen LogP contribution in [0.1, 0.15) is 24.8 Å². The van der Waals surface area contributed by atoms with Crippen molar-refractivity contribution in [3.05, 3.63) is 29.8 Å². The number of nitrogens with zero attached hydrogens (tertiary/aromatic N) is 1. The number of likely N-dealkylation sites (tertiary alicyclic amines) is 1. The van der Waals surface area contributed by atoms with E-state index in [4.69, 9.17) is 16.3 Å². The Morgan fingerprint density at radius 2 is 2.11 bits per heavy atom. The number of methoxy groups -OCH3 is 1. The zero-order valence-corrected chi connectivity index (χ0v) is 11.8. The molecule has 1 aromatic carbocycles. The first-order chi connectivity index (χ1) is 8.81. The molecule has 0 spiro atoms. The maximum absolute atomic E-state index is 5.84. The lowest BCUT2D eigenvalue weighted by Crippen LogP contribution is -2.35. The highest BCUT2D eigenvalue weighted by Crippen LogP contribution is 2.22. The molecule has 1 aliphatic rings. The molecule has 1 heterocycles. The molecule has 1 aliphatic heterocycles. The molecular formula is C15H22ClNO. The summed E-state index contributed by atoms with van der Waals surface area (Å²) in [7, 11) is 1.70. The Kier molecular flexibility index (Phi) is 5.33. The fourth-order valence-corrected chi connectivity index (χ4v) is 2.98. The van der Waals surface area contributed by atoms with E-state index in [0.29, 0.717) is 0 Å². The summed E-state index contributed by atoms with van der Waals surface area (Å²) >= 11 is 5.84. The first-order valence-corrected chi connectivity index (χ1v) is 7.26. The van der Waals surface area contributed by atoms with Gasteiger partial charge in [0.05, 0.1) is 7.11 Å². The molecule has 0 aromatic heterocycles. The van der Waals surface area contributed by atoms with Gasteiger partial charge in [0.2, 0.25) is 0 Å². The van der Waals surface area contributed by atoms with Crippen molar-refractivity contribution in [2.75, 3.05) is 26.1 Å². The minimum absolute atomic E-state index is 0.787. The van der Waals surface area contributed by atoms with Crippen LogP contribution in [0.15, 0.2) is 24.3 Å². The van der Waals surface area contributed by atoms with Crippen molar-refractivity contribution in [1.82, 2.24) is 4.90 Å². The first kappa shape index (κ1) is 13.7. The van der Waals surface area contributed by atoms with E-state index in [-0.39, 0.29) is 0 Å². The molecule has 0 N–H and O–H groups in total. The lowest BCUT2D eigenvalue weighted by Gasteiger charge is -2.32. The lowest BCUT2D eigenvalue weighted by atomic mass is 9.95. The second-order valence-electron chi connectivity index (χ2n) is 5.07. The van der Waals surface area contributed by atoms with E-state index >= 15 is 0 Å². The predicted molar refractivity (Wildman–Crippen MR) is 76.3 cm³/mol. The average molecular weight is 268 g/mol. The highest BCUT2D eigenvalue weighted by atomic mass is 35.5. The summed E-state index contributed by atoms with van der Waals surface area (Å²) in [6.07, 6.45) is 3.80. The zero-order chi connectivity index (χ0) is 12.8. The molecule has 2 nitrogen and oxygen atoms in total. The van der Waals surface area contributed by atoms with E-state index in [1.54, 1.807) is 7.11 Å². The highest BCUT2D eigenvalue weighted by molar-refractivity contribution is 6.17. The Balaban J connectivity index is 1.87. The van der Waals surface area contributed by atoms with Crippen LogP contribution in [0.5, 0.6) is 5.75 Å². The molecule has 1 aromatic rings. The number of alkyl halides is 1. The number of hydrogen-bond donors (Lipinski definition) is 0. The lowest BCUT2D eigenvalue weighted by molar-refractivity contribution is 0.165. The number of piperidine rings is 1. The maximum Gasteiger partial charge on any atom is 0.118 e. The molecule has 0 bridgehead atoms. The molecule has 1 atom stereocenters. The van der Waals surface area contributed by atoms with E-state index in [1.807, 2.05) is 12.1 Å². The zero-order valence-electron chi connectivity index (χ0n) is 11.1. The molecule has 2 rings (SSSR count). The topological polar surface area (TPSA) is 12.5 Å². The SMILES string of the molecule is COc1ccc(CN2CCCC(CCCl)C2)cc1. The Morgan fingerprint density at radius 3 is 2.78 bits per heavy atom. The normalized spacial score (nSPS) is 20.9. The Bertz CT molecular complexity index is 350. The summed E-state index contributed by atoms with van der Waals surface area (Å²) in [5.41, 5.74) is 1.36. The minimum atomic E-state index is 0.787. The molecule has 1 unspecified atom stereocenters. The van der Waals surface area contributed by atoms with Gasteiger partial charge in [-0.1, -0.05) is 12.1 Å². The van der Waals surface area contributed by atoms with Crippen molar-refractivity contribution in [1.29, 1.82) is 0 Å². The van der Waals surface area contributed by atoms with Crippen LogP contribution in [0, 0.1) is 5.92 Å². The van der Waals surface area contributed by atoms with Gasteiger partial charge in [0.15, 0.2) is 0 Å². The van der Waals surface area contributed by atoms with E-state index < -0.39 is 0 Å². The Hall–Kier alpha value is -0.730. The Labute approximate surface area is 115 Å². The van der Waals surface area contributed by atoms with Gasteiger partial charge in [-0.05, 0) is 49.4 Å². The smallest absolute Gasteiger partial charge is 0.118 e. The molecule has 18 heavy (non-hydrogen) atoms. The second kappa shape index (κ2) is 7.01. The fraction of sp³-hybridized carbons (Fsp3) is 0.600. The predicted octanol–water partition coefficient (Wildman–Crippen LogP) is 3.54. The van der Waals surface area contributed by atoms with Crippen molar-refractivity contribution >= 4 is 11.6 Å². The molecular weight excluding hydrogens is 246 g/mol. The monoisotopic (exact) mass is 267 g/mol. The van der Waals surface area contributed by atoms with Gasteiger partial charge in [0, 0.05) is 19.0 Å². The van der Waals surface area contributed by atoms with Crippen LogP contribution in [-0.2, 0) is 6.54 Å². The fourth-order valence-electron chi connectivity index (χ4n) is 2.67. The Morgan fingerprint density at radius 1 is 1.33 bits per heavy atom. The first-order valence-electron chi connectivity index (χ1n) is 6.73. The van der Waals surface area contributed by atoms with Crippen molar-refractivity contribution in [2.45, 2.75) is 25.8 Å². The summed E-state index contributed by atoms with van der Waals surface area (Å²) in [4.78, 5) is 2.54. The minimum Gasteiger partial charge on any atom is -0.497 e. The summed E-state index contributed by atoms with van der Waals surface area (Å²) in [6.45, 7) is 3.45. The summed E-state index contributed by atoms with van der Waals surface area (Å²) in [5.74, 6) is 2.51. The number of benzene rings is 1. The molecule has 1 saturated heterocycles. The number of rotatable bonds is 5. The molecule has 0 amide bonds. The third kappa shape index (κ3) is 3.89. The number of hydrogen-bond acceptors (Lipinski definition) is 2. The molecule has 0 aliphatic carbocycles. The van der Waals surface area contributed by atoms with E-state index in [0.717, 1.165) is 30.5 Å². The van der Waals surface area contributed by atoms with Crippen molar-refractivity contribution in [3.63, 3.8) is 0 Å². The van der Waals surface area contributed by atoms with Crippen LogP contribution in [-0.4, -0.2) is 31.0 Å². The number of ether oxygens (including phenoxy) is 1. The molecule has 0 radical (unpaired) electrons. The molecule has 100 valence electrons. The standard InChI is InChI=1S/C15H22ClNO/c1-18-15-6-4-14(5-7-15)12-17-10-2-3-13(11-17)8-9-16/h4-7,13H,2-3,8-12H2,1H3. The second-order valence-corrected chi connectivity index (χ2v) is 5.45. The van der Waals surface area contributed by atoms with Gasteiger partial charge in [0.1, 0.15) is 5.75 Å². The third-order valence-electron chi connectivity index (χ3n) is 3.69. The van der Waals surface area contributed by atoms with Crippen molar-refractivity contribution in [2.24, 2.45) is 5.92 Å². The van der Waals surface area contributed by atoms with E-state index in [9.17, 15) is 0 Å². The summed E-state index contributed by atoms with van der Waals surface area (Å²) < 4.78 is 5.18. The van der Waals surface area contributed by atoms with Gasteiger partial charge >= 0.3 is 0 Å². The van der Waals surface area contributed by atoms with E-state index in [2.05, 4.69) is 17.0 Å². The maximum atomic E-state index is 5.84. The molecule has 1 fully saturated rings. The quantitative estimate of drug-likeness (QED) is 0.757. The van der Waals surface area contributed by atoms with Crippen LogP contribution < -0.4 is 4.74 Å². The van der Waals surface area contributed by atoms with Gasteiger partial charge in [-0.25, -0.2) is 0 Å². The largest absolute Gasteiger partial charge is 0.497 e. The van der Waals surface area contributed by atoms with Crippen LogP contribution in [0.3, 0.4) is 0 Å².